The summed E-state index contributed by atoms with van der Waals surface area (Å²) < 4.78 is 1.56. The van der Waals surface area contributed by atoms with Crippen LogP contribution in [0.4, 0.5) is 11.5 Å². The number of benzene rings is 1. The molecule has 2 atom stereocenters. The molecule has 2 aromatic heterocycles. The fourth-order valence-corrected chi connectivity index (χ4v) is 4.69. The molecule has 0 saturated carbocycles. The Morgan fingerprint density at radius 2 is 1.91 bits per heavy atom. The number of nitrogens with zero attached hydrogens (tertiary/aromatic N) is 3. The minimum atomic E-state index is -1.01. The molecule has 34 heavy (non-hydrogen) atoms. The van der Waals surface area contributed by atoms with E-state index in [1.165, 1.54) is 0 Å². The largest absolute Gasteiger partial charge is 0.478 e. The van der Waals surface area contributed by atoms with E-state index in [1.54, 1.807) is 41.8 Å². The van der Waals surface area contributed by atoms with Crippen molar-refractivity contribution in [3.63, 3.8) is 0 Å². The fourth-order valence-electron chi connectivity index (χ4n) is 4.69. The molecule has 2 unspecified atom stereocenters. The van der Waals surface area contributed by atoms with Gasteiger partial charge in [0.05, 0.1) is 22.8 Å². The van der Waals surface area contributed by atoms with Gasteiger partial charge < -0.3 is 20.4 Å². The van der Waals surface area contributed by atoms with Crippen LogP contribution >= 0.6 is 0 Å². The normalized spacial score (nSPS) is 19.1. The SMILES string of the molecule is Cc1cc(C(C)Nc2ccccc2C(=O)O)c2nc(N3CCC(O)(C(C)C)C3)c(C)c(=O)n2c1. The van der Waals surface area contributed by atoms with Crippen molar-refractivity contribution >= 4 is 23.1 Å². The molecule has 8 nitrogen and oxygen atoms in total. The van der Waals surface area contributed by atoms with E-state index in [-0.39, 0.29) is 23.1 Å². The van der Waals surface area contributed by atoms with E-state index in [9.17, 15) is 19.8 Å². The number of aliphatic hydroxyl groups is 1. The summed E-state index contributed by atoms with van der Waals surface area (Å²) in [4.78, 5) is 31.9. The number of carbonyl (C=O) groups is 1. The Hall–Kier alpha value is -3.39. The zero-order valence-corrected chi connectivity index (χ0v) is 20.3. The Balaban J connectivity index is 1.81. The summed E-state index contributed by atoms with van der Waals surface area (Å²) >= 11 is 0. The molecule has 1 saturated heterocycles. The average Bonchev–Trinajstić information content (AvgIpc) is 3.19. The van der Waals surface area contributed by atoms with E-state index in [1.807, 2.05) is 38.7 Å². The molecular weight excluding hydrogens is 432 g/mol. The summed E-state index contributed by atoms with van der Waals surface area (Å²) in [6, 6.07) is 8.40. The lowest BCUT2D eigenvalue weighted by Crippen LogP contribution is -2.39. The summed E-state index contributed by atoms with van der Waals surface area (Å²) in [5.74, 6) is -0.329. The van der Waals surface area contributed by atoms with Crippen LogP contribution in [-0.4, -0.2) is 44.3 Å². The van der Waals surface area contributed by atoms with Crippen molar-refractivity contribution in [2.24, 2.45) is 5.92 Å². The van der Waals surface area contributed by atoms with Crippen LogP contribution in [-0.2, 0) is 0 Å². The van der Waals surface area contributed by atoms with Gasteiger partial charge >= 0.3 is 5.97 Å². The maximum absolute atomic E-state index is 13.4. The van der Waals surface area contributed by atoms with Crippen molar-refractivity contribution in [1.82, 2.24) is 9.38 Å². The molecular formula is C26H32N4O4. The molecule has 1 aliphatic heterocycles. The fraction of sp³-hybridized carbons (Fsp3) is 0.423. The van der Waals surface area contributed by atoms with Gasteiger partial charge in [0.15, 0.2) is 0 Å². The first-order valence-electron chi connectivity index (χ1n) is 11.6. The number of anilines is 2. The van der Waals surface area contributed by atoms with Gasteiger partial charge in [-0.3, -0.25) is 9.20 Å². The van der Waals surface area contributed by atoms with Gasteiger partial charge in [0, 0.05) is 30.5 Å². The van der Waals surface area contributed by atoms with Crippen LogP contribution in [0, 0.1) is 19.8 Å². The predicted molar refractivity (Wildman–Crippen MR) is 133 cm³/mol. The molecule has 1 aromatic carbocycles. The summed E-state index contributed by atoms with van der Waals surface area (Å²) in [7, 11) is 0. The van der Waals surface area contributed by atoms with Gasteiger partial charge in [0.2, 0.25) is 0 Å². The first kappa shape index (κ1) is 23.8. The Kier molecular flexibility index (Phi) is 6.12. The maximum atomic E-state index is 13.4. The molecule has 0 amide bonds. The number of nitrogens with one attached hydrogen (secondary N) is 1. The van der Waals surface area contributed by atoms with Crippen LogP contribution in [0.3, 0.4) is 0 Å². The molecule has 0 aliphatic carbocycles. The number of hydrogen-bond acceptors (Lipinski definition) is 6. The van der Waals surface area contributed by atoms with E-state index in [4.69, 9.17) is 4.98 Å². The highest BCUT2D eigenvalue weighted by molar-refractivity contribution is 5.94. The minimum Gasteiger partial charge on any atom is -0.478 e. The number of hydrogen-bond donors (Lipinski definition) is 3. The Morgan fingerprint density at radius 3 is 2.56 bits per heavy atom. The van der Waals surface area contributed by atoms with Gasteiger partial charge in [-0.25, -0.2) is 9.78 Å². The number of pyridine rings is 1. The number of β-amino-alcohol motifs (C(OH)–C–C–N with tert-alkyl or cyclic N) is 1. The molecule has 0 bridgehead atoms. The molecule has 1 aliphatic rings. The van der Waals surface area contributed by atoms with Crippen molar-refractivity contribution in [2.45, 2.75) is 52.7 Å². The summed E-state index contributed by atoms with van der Waals surface area (Å²) in [5, 5.41) is 23.8. The van der Waals surface area contributed by atoms with Gasteiger partial charge in [0.1, 0.15) is 11.5 Å². The topological polar surface area (TPSA) is 107 Å². The van der Waals surface area contributed by atoms with Crippen molar-refractivity contribution in [3.05, 3.63) is 69.1 Å². The zero-order chi connectivity index (χ0) is 24.8. The smallest absolute Gasteiger partial charge is 0.337 e. The van der Waals surface area contributed by atoms with Crippen LogP contribution < -0.4 is 15.8 Å². The van der Waals surface area contributed by atoms with Crippen molar-refractivity contribution < 1.29 is 15.0 Å². The number of aryl methyl sites for hydroxylation is 1. The van der Waals surface area contributed by atoms with Gasteiger partial charge in [-0.05, 0) is 56.9 Å². The van der Waals surface area contributed by atoms with Crippen molar-refractivity contribution in [1.29, 1.82) is 0 Å². The van der Waals surface area contributed by atoms with Gasteiger partial charge in [0.25, 0.3) is 5.56 Å². The standard InChI is InChI=1S/C26H32N4O4/c1-15(2)26(34)10-11-29(14-26)22-17(4)24(31)30-13-16(3)12-20(23(30)28-22)18(5)27-21-9-7-6-8-19(21)25(32)33/h6-9,12-13,15,18,27,34H,10-11,14H2,1-5H3,(H,32,33). The van der Waals surface area contributed by atoms with E-state index in [0.717, 1.165) is 11.1 Å². The molecule has 0 radical (unpaired) electrons. The van der Waals surface area contributed by atoms with E-state index in [2.05, 4.69) is 5.32 Å². The molecule has 180 valence electrons. The lowest BCUT2D eigenvalue weighted by molar-refractivity contribution is 0.0167. The van der Waals surface area contributed by atoms with Crippen LogP contribution in [0.2, 0.25) is 0 Å². The Bertz CT molecular complexity index is 1320. The van der Waals surface area contributed by atoms with Crippen LogP contribution in [0.1, 0.15) is 60.3 Å². The number of rotatable bonds is 6. The maximum Gasteiger partial charge on any atom is 0.337 e. The first-order chi connectivity index (χ1) is 16.0. The second kappa shape index (κ2) is 8.76. The van der Waals surface area contributed by atoms with Crippen molar-refractivity contribution in [2.75, 3.05) is 23.3 Å². The van der Waals surface area contributed by atoms with Gasteiger partial charge in [-0.1, -0.05) is 26.0 Å². The third-order valence-electron chi connectivity index (χ3n) is 6.94. The highest BCUT2D eigenvalue weighted by Gasteiger charge is 2.40. The lowest BCUT2D eigenvalue weighted by Gasteiger charge is -2.28. The summed E-state index contributed by atoms with van der Waals surface area (Å²) in [6.45, 7) is 10.7. The molecule has 1 fully saturated rings. The van der Waals surface area contributed by atoms with E-state index >= 15 is 0 Å². The Morgan fingerprint density at radius 1 is 1.21 bits per heavy atom. The van der Waals surface area contributed by atoms with Crippen LogP contribution in [0.5, 0.6) is 0 Å². The molecule has 4 rings (SSSR count). The summed E-state index contributed by atoms with van der Waals surface area (Å²) in [5.41, 5.74) is 2.46. The molecule has 8 heteroatoms. The van der Waals surface area contributed by atoms with E-state index in [0.29, 0.717) is 42.2 Å². The zero-order valence-electron chi connectivity index (χ0n) is 20.3. The van der Waals surface area contributed by atoms with Crippen LogP contribution in [0.25, 0.3) is 5.65 Å². The summed E-state index contributed by atoms with van der Waals surface area (Å²) in [6.07, 6.45) is 2.40. The number of para-hydroxylation sites is 1. The third kappa shape index (κ3) is 4.14. The van der Waals surface area contributed by atoms with Gasteiger partial charge in [-0.2, -0.15) is 0 Å². The number of carboxylic acid groups (broad SMARTS) is 1. The number of fused-ring (bicyclic) bond motifs is 1. The van der Waals surface area contributed by atoms with Crippen molar-refractivity contribution in [3.8, 4) is 0 Å². The Labute approximate surface area is 198 Å². The van der Waals surface area contributed by atoms with E-state index < -0.39 is 11.6 Å². The van der Waals surface area contributed by atoms with Crippen LogP contribution in [0.15, 0.2) is 41.3 Å². The average molecular weight is 465 g/mol. The number of aromatic carboxylic acids is 1. The monoisotopic (exact) mass is 464 g/mol. The number of carboxylic acids is 1. The molecule has 0 spiro atoms. The lowest BCUT2D eigenvalue weighted by atomic mass is 9.90. The second-order valence-electron chi connectivity index (χ2n) is 9.68. The molecule has 3 N–H and O–H groups in total. The molecule has 3 aromatic rings. The first-order valence-corrected chi connectivity index (χ1v) is 11.6. The predicted octanol–water partition coefficient (Wildman–Crippen LogP) is 3.78. The number of aromatic nitrogens is 2. The third-order valence-corrected chi connectivity index (χ3v) is 6.94. The highest BCUT2D eigenvalue weighted by Crippen LogP contribution is 2.33. The minimum absolute atomic E-state index is 0.0936. The van der Waals surface area contributed by atoms with Gasteiger partial charge in [-0.15, -0.1) is 0 Å². The molecule has 3 heterocycles. The second-order valence-corrected chi connectivity index (χ2v) is 9.68. The quantitative estimate of drug-likeness (QED) is 0.510. The highest BCUT2D eigenvalue weighted by atomic mass is 16.4.